The molecular weight excluding hydrogens is 320 g/mol. The number of rotatable bonds is 4. The summed E-state index contributed by atoms with van der Waals surface area (Å²) in [4.78, 5) is 11.6. The van der Waals surface area contributed by atoms with Gasteiger partial charge in [-0.3, -0.25) is 4.68 Å². The van der Waals surface area contributed by atoms with Crippen LogP contribution >= 0.6 is 0 Å². The minimum Gasteiger partial charge on any atom is -0.393 e. The molecule has 0 spiro atoms. The van der Waals surface area contributed by atoms with Gasteiger partial charge in [-0.2, -0.15) is 10.4 Å². The standard InChI is InChI=1S/C17H18N6O2/c18-3-1-14(13-5-11(24)6-15(13)25)23-8-10(7-22-23)16-12-2-4-19-17(12)21-9-20-16/h2,4,7-9,11,13-15,24-25H,1,5-6H2,(H,19,20,21). The van der Waals surface area contributed by atoms with Crippen molar-refractivity contribution in [1.29, 1.82) is 5.26 Å². The minimum atomic E-state index is -0.628. The number of aliphatic hydroxyl groups excluding tert-OH is 2. The maximum absolute atomic E-state index is 10.2. The largest absolute Gasteiger partial charge is 0.393 e. The highest BCUT2D eigenvalue weighted by atomic mass is 16.3. The van der Waals surface area contributed by atoms with Crippen LogP contribution in [0.5, 0.6) is 0 Å². The van der Waals surface area contributed by atoms with Crippen molar-refractivity contribution in [1.82, 2.24) is 24.7 Å². The molecule has 1 saturated carbocycles. The van der Waals surface area contributed by atoms with Gasteiger partial charge >= 0.3 is 0 Å². The summed E-state index contributed by atoms with van der Waals surface area (Å²) in [7, 11) is 0. The van der Waals surface area contributed by atoms with E-state index in [4.69, 9.17) is 0 Å². The van der Waals surface area contributed by atoms with Gasteiger partial charge in [0.2, 0.25) is 0 Å². The van der Waals surface area contributed by atoms with Gasteiger partial charge in [-0.05, 0) is 18.9 Å². The van der Waals surface area contributed by atoms with E-state index >= 15 is 0 Å². The molecular formula is C17H18N6O2. The third kappa shape index (κ3) is 2.77. The molecule has 1 fully saturated rings. The van der Waals surface area contributed by atoms with E-state index in [1.54, 1.807) is 10.9 Å². The highest BCUT2D eigenvalue weighted by Crippen LogP contribution is 2.37. The predicted molar refractivity (Wildman–Crippen MR) is 89.1 cm³/mol. The lowest BCUT2D eigenvalue weighted by Gasteiger charge is -2.24. The molecule has 8 nitrogen and oxygen atoms in total. The van der Waals surface area contributed by atoms with E-state index in [1.165, 1.54) is 6.33 Å². The molecule has 1 aliphatic carbocycles. The molecule has 0 aromatic carbocycles. The van der Waals surface area contributed by atoms with Crippen LogP contribution in [-0.4, -0.2) is 47.2 Å². The summed E-state index contributed by atoms with van der Waals surface area (Å²) in [6.45, 7) is 0. The van der Waals surface area contributed by atoms with Crippen molar-refractivity contribution in [3.63, 3.8) is 0 Å². The molecule has 0 bridgehead atoms. The molecule has 8 heteroatoms. The summed E-state index contributed by atoms with van der Waals surface area (Å²) in [5.74, 6) is -0.194. The van der Waals surface area contributed by atoms with E-state index in [9.17, 15) is 15.5 Å². The first kappa shape index (κ1) is 15.7. The van der Waals surface area contributed by atoms with E-state index in [1.807, 2.05) is 18.5 Å². The molecule has 4 rings (SSSR count). The number of nitrogens with zero attached hydrogens (tertiary/aromatic N) is 5. The van der Waals surface area contributed by atoms with Gasteiger partial charge in [-0.1, -0.05) is 0 Å². The first-order chi connectivity index (χ1) is 12.2. The molecule has 1 aliphatic rings. The maximum Gasteiger partial charge on any atom is 0.141 e. The Labute approximate surface area is 143 Å². The van der Waals surface area contributed by atoms with Crippen LogP contribution in [0.2, 0.25) is 0 Å². The number of aromatic nitrogens is 5. The second-order valence-electron chi connectivity index (χ2n) is 6.46. The van der Waals surface area contributed by atoms with Gasteiger partial charge < -0.3 is 15.2 Å². The Balaban J connectivity index is 1.69. The summed E-state index contributed by atoms with van der Waals surface area (Å²) in [5.41, 5.74) is 2.34. The van der Waals surface area contributed by atoms with Crippen LogP contribution < -0.4 is 0 Å². The van der Waals surface area contributed by atoms with E-state index in [-0.39, 0.29) is 18.4 Å². The van der Waals surface area contributed by atoms with Crippen LogP contribution in [0, 0.1) is 17.2 Å². The molecule has 128 valence electrons. The van der Waals surface area contributed by atoms with Crippen molar-refractivity contribution < 1.29 is 10.2 Å². The Morgan fingerprint density at radius 3 is 3.00 bits per heavy atom. The van der Waals surface area contributed by atoms with E-state index in [2.05, 4.69) is 26.1 Å². The Morgan fingerprint density at radius 2 is 2.24 bits per heavy atom. The lowest BCUT2D eigenvalue weighted by molar-refractivity contribution is 0.0950. The highest BCUT2D eigenvalue weighted by molar-refractivity contribution is 5.89. The normalized spacial score (nSPS) is 24.4. The van der Waals surface area contributed by atoms with Gasteiger partial charge in [0.1, 0.15) is 12.0 Å². The van der Waals surface area contributed by atoms with Crippen molar-refractivity contribution in [2.45, 2.75) is 37.5 Å². The molecule has 3 N–H and O–H groups in total. The number of nitriles is 1. The molecule has 0 radical (unpaired) electrons. The second kappa shape index (κ2) is 6.27. The van der Waals surface area contributed by atoms with Gasteiger partial charge in [0.05, 0.1) is 42.6 Å². The quantitative estimate of drug-likeness (QED) is 0.661. The summed E-state index contributed by atoms with van der Waals surface area (Å²) >= 11 is 0. The topological polar surface area (TPSA) is 124 Å². The molecule has 0 amide bonds. The predicted octanol–water partition coefficient (Wildman–Crippen LogP) is 1.41. The fraction of sp³-hybridized carbons (Fsp3) is 0.412. The van der Waals surface area contributed by atoms with Gasteiger partial charge in [-0.15, -0.1) is 0 Å². The van der Waals surface area contributed by atoms with Crippen LogP contribution in [0.1, 0.15) is 25.3 Å². The van der Waals surface area contributed by atoms with Crippen molar-refractivity contribution in [2.24, 2.45) is 5.92 Å². The number of H-pyrrole nitrogens is 1. The Hall–Kier alpha value is -2.76. The van der Waals surface area contributed by atoms with E-state index < -0.39 is 12.2 Å². The van der Waals surface area contributed by atoms with Crippen LogP contribution in [0.4, 0.5) is 0 Å². The summed E-state index contributed by atoms with van der Waals surface area (Å²) < 4.78 is 1.71. The van der Waals surface area contributed by atoms with E-state index in [0.29, 0.717) is 12.8 Å². The molecule has 3 heterocycles. The number of hydrogen-bond donors (Lipinski definition) is 3. The molecule has 25 heavy (non-hydrogen) atoms. The van der Waals surface area contributed by atoms with Gasteiger partial charge in [0, 0.05) is 29.3 Å². The van der Waals surface area contributed by atoms with Gasteiger partial charge in [0.25, 0.3) is 0 Å². The fourth-order valence-corrected chi connectivity index (χ4v) is 3.71. The van der Waals surface area contributed by atoms with E-state index in [0.717, 1.165) is 22.3 Å². The van der Waals surface area contributed by atoms with Gasteiger partial charge in [-0.25, -0.2) is 9.97 Å². The molecule has 4 unspecified atom stereocenters. The first-order valence-corrected chi connectivity index (χ1v) is 8.23. The summed E-state index contributed by atoms with van der Waals surface area (Å²) in [6, 6.07) is 3.79. The fourth-order valence-electron chi connectivity index (χ4n) is 3.71. The highest BCUT2D eigenvalue weighted by Gasteiger charge is 2.38. The number of fused-ring (bicyclic) bond motifs is 1. The minimum absolute atomic E-state index is 0.194. The lowest BCUT2D eigenvalue weighted by atomic mass is 9.94. The maximum atomic E-state index is 10.2. The summed E-state index contributed by atoms with van der Waals surface area (Å²) in [6.07, 6.45) is 6.73. The lowest BCUT2D eigenvalue weighted by Crippen LogP contribution is -2.26. The molecule has 3 aromatic rings. The number of hydrogen-bond acceptors (Lipinski definition) is 6. The molecule has 4 atom stereocenters. The number of aromatic amines is 1. The third-order valence-corrected chi connectivity index (χ3v) is 4.92. The monoisotopic (exact) mass is 338 g/mol. The van der Waals surface area contributed by atoms with Crippen molar-refractivity contribution >= 4 is 11.0 Å². The van der Waals surface area contributed by atoms with Crippen molar-refractivity contribution in [2.75, 3.05) is 0 Å². The second-order valence-corrected chi connectivity index (χ2v) is 6.46. The van der Waals surface area contributed by atoms with Crippen LogP contribution in [0.3, 0.4) is 0 Å². The average Bonchev–Trinajstić information content (AvgIpc) is 3.31. The molecule has 0 saturated heterocycles. The van der Waals surface area contributed by atoms with Crippen molar-refractivity contribution in [3.05, 3.63) is 31.0 Å². The zero-order valence-electron chi connectivity index (χ0n) is 13.4. The Bertz CT molecular complexity index is 927. The molecule has 3 aromatic heterocycles. The zero-order valence-corrected chi connectivity index (χ0v) is 13.4. The van der Waals surface area contributed by atoms with Crippen LogP contribution in [0.25, 0.3) is 22.3 Å². The van der Waals surface area contributed by atoms with Crippen molar-refractivity contribution in [3.8, 4) is 17.3 Å². The molecule has 0 aliphatic heterocycles. The smallest absolute Gasteiger partial charge is 0.141 e. The Kier molecular flexibility index (Phi) is 3.95. The summed E-state index contributed by atoms with van der Waals surface area (Å²) in [5, 5.41) is 34.5. The van der Waals surface area contributed by atoms with Crippen LogP contribution in [-0.2, 0) is 0 Å². The first-order valence-electron chi connectivity index (χ1n) is 8.23. The SMILES string of the molecule is N#CCC(C1CC(O)CC1O)n1cc(-c2ncnc3[nH]ccc23)cn1. The Morgan fingerprint density at radius 1 is 1.36 bits per heavy atom. The van der Waals surface area contributed by atoms with Crippen LogP contribution in [0.15, 0.2) is 31.0 Å². The third-order valence-electron chi connectivity index (χ3n) is 4.92. The number of nitrogens with one attached hydrogen (secondary N) is 1. The average molecular weight is 338 g/mol. The number of aliphatic hydroxyl groups is 2. The van der Waals surface area contributed by atoms with Gasteiger partial charge in [0.15, 0.2) is 0 Å². The zero-order chi connectivity index (χ0) is 17.4.